The second-order valence-electron chi connectivity index (χ2n) is 7.66. The number of hydrogen-bond acceptors (Lipinski definition) is 9. The second-order valence-corrected chi connectivity index (χ2v) is 9.99. The lowest BCUT2D eigenvalue weighted by Crippen LogP contribution is -2.42. The highest BCUT2D eigenvalue weighted by Gasteiger charge is 2.25. The van der Waals surface area contributed by atoms with Crippen molar-refractivity contribution >= 4 is 43.8 Å². The van der Waals surface area contributed by atoms with Gasteiger partial charge in [0, 0.05) is 12.2 Å². The number of nitrogens with zero attached hydrogens (tertiary/aromatic N) is 2. The third kappa shape index (κ3) is 9.14. The summed E-state index contributed by atoms with van der Waals surface area (Å²) in [5.74, 6) is -0.476. The summed E-state index contributed by atoms with van der Waals surface area (Å²) in [5.41, 5.74) is 1.63. The highest BCUT2D eigenvalue weighted by molar-refractivity contribution is 7.89. The maximum atomic E-state index is 12.3. The molecular weight excluding hydrogens is 518 g/mol. The quantitative estimate of drug-likeness (QED) is 0.336. The zero-order valence-corrected chi connectivity index (χ0v) is 21.1. The predicted molar refractivity (Wildman–Crippen MR) is 140 cm³/mol. The third-order valence-electron chi connectivity index (χ3n) is 4.89. The van der Waals surface area contributed by atoms with E-state index in [1.165, 1.54) is 42.5 Å². The van der Waals surface area contributed by atoms with E-state index in [9.17, 15) is 26.7 Å². The molecule has 1 heterocycles. The number of carboxylic acids is 1. The zero-order chi connectivity index (χ0) is 26.7. The van der Waals surface area contributed by atoms with Gasteiger partial charge in [-0.05, 0) is 48.4 Å². The van der Waals surface area contributed by atoms with Crippen molar-refractivity contribution < 1.29 is 26.7 Å². The van der Waals surface area contributed by atoms with Gasteiger partial charge in [0.25, 0.3) is 0 Å². The molecule has 0 radical (unpaired) electrons. The first-order valence-electron chi connectivity index (χ1n) is 11.0. The lowest BCUT2D eigenvalue weighted by molar-refractivity contribution is -0.138. The van der Waals surface area contributed by atoms with E-state index in [0.29, 0.717) is 5.56 Å². The average molecular weight is 544 g/mol. The molecule has 1 unspecified atom stereocenters. The number of rotatable bonds is 8. The summed E-state index contributed by atoms with van der Waals surface area (Å²) in [7, 11) is -6.65. The number of aliphatic carboxylic acids is 1. The van der Waals surface area contributed by atoms with Gasteiger partial charge in [0.2, 0.25) is 10.0 Å². The van der Waals surface area contributed by atoms with Crippen molar-refractivity contribution in [1.29, 1.82) is 0 Å². The summed E-state index contributed by atoms with van der Waals surface area (Å²) in [6.45, 7) is 1.81. The van der Waals surface area contributed by atoms with Crippen LogP contribution in [0.5, 0.6) is 0 Å². The first-order chi connectivity index (χ1) is 17.7. The van der Waals surface area contributed by atoms with Gasteiger partial charge in [-0.3, -0.25) is 9.79 Å². The number of aliphatic imine (C=N–C) groups is 1. The molecule has 0 saturated heterocycles. The van der Waals surface area contributed by atoms with Crippen LogP contribution in [0.2, 0.25) is 0 Å². The average Bonchev–Trinajstić information content (AvgIpc) is 3.38. The number of nitrogens with one attached hydrogen (secondary N) is 3. The molecule has 37 heavy (non-hydrogen) atoms. The number of hydrogen-bond donors (Lipinski definition) is 4. The molecule has 1 aliphatic rings. The van der Waals surface area contributed by atoms with Gasteiger partial charge in [-0.2, -0.15) is 13.1 Å². The summed E-state index contributed by atoms with van der Waals surface area (Å²) in [5, 5.41) is 15.6. The van der Waals surface area contributed by atoms with E-state index < -0.39 is 32.5 Å². The minimum Gasteiger partial charge on any atom is -0.480 e. The Morgan fingerprint density at radius 1 is 1.03 bits per heavy atom. The fraction of sp³-hybridized carbons (Fsp3) is 0.167. The maximum absolute atomic E-state index is 12.3. The lowest BCUT2D eigenvalue weighted by atomic mass is 10.1. The van der Waals surface area contributed by atoms with Gasteiger partial charge >= 0.3 is 16.5 Å². The number of sulfonamides is 1. The molecule has 0 fully saturated rings. The van der Waals surface area contributed by atoms with Crippen molar-refractivity contribution in [3.63, 3.8) is 0 Å². The van der Waals surface area contributed by atoms with Crippen molar-refractivity contribution in [2.45, 2.75) is 17.4 Å². The van der Waals surface area contributed by atoms with E-state index in [2.05, 4.69) is 24.7 Å². The number of anilines is 1. The fourth-order valence-corrected chi connectivity index (χ4v) is 4.73. The summed E-state index contributed by atoms with van der Waals surface area (Å²) in [4.78, 5) is 15.6. The molecule has 1 aliphatic heterocycles. The minimum absolute atomic E-state index is 0.0493. The number of benzene rings is 3. The molecule has 4 rings (SSSR count). The SMILES string of the molecule is O=C(O)C(Cc1cccc(N=S(=O)=O)c1)NS(=O)(=O)c1ccccc1.c1ccc(NC2=NCCN2)cc1. The van der Waals surface area contributed by atoms with Gasteiger partial charge < -0.3 is 15.7 Å². The zero-order valence-electron chi connectivity index (χ0n) is 19.5. The van der Waals surface area contributed by atoms with E-state index in [1.807, 2.05) is 30.3 Å². The Labute approximate surface area is 216 Å². The minimum atomic E-state index is -4.01. The van der Waals surface area contributed by atoms with Gasteiger partial charge in [-0.15, -0.1) is 4.36 Å². The van der Waals surface area contributed by atoms with Gasteiger partial charge in [-0.1, -0.05) is 48.5 Å². The molecule has 0 aliphatic carbocycles. The van der Waals surface area contributed by atoms with E-state index in [4.69, 9.17) is 0 Å². The van der Waals surface area contributed by atoms with Crippen molar-refractivity contribution in [1.82, 2.24) is 10.0 Å². The van der Waals surface area contributed by atoms with Crippen molar-refractivity contribution in [3.05, 3.63) is 90.5 Å². The molecule has 3 aromatic rings. The van der Waals surface area contributed by atoms with Crippen molar-refractivity contribution in [2.75, 3.05) is 18.4 Å². The van der Waals surface area contributed by atoms with E-state index in [-0.39, 0.29) is 17.0 Å². The van der Waals surface area contributed by atoms with E-state index in [1.54, 1.807) is 12.1 Å². The highest BCUT2D eigenvalue weighted by atomic mass is 32.2. The first kappa shape index (κ1) is 27.5. The largest absolute Gasteiger partial charge is 0.480 e. The summed E-state index contributed by atoms with van der Waals surface area (Å²) < 4.78 is 51.2. The lowest BCUT2D eigenvalue weighted by Gasteiger charge is -2.15. The number of guanidine groups is 1. The molecule has 0 saturated carbocycles. The standard InChI is InChI=1S/C15H14N2O6S2.C9H11N3/c18-15(19)14(17-25(22,23)13-7-2-1-3-8-13)10-11-5-4-6-12(9-11)16-24(20)21;1-2-4-8(5-3-1)12-9-10-6-7-11-9/h1-9,14,17H,10H2,(H,18,19);1-5H,6-7H2,(H2,10,11,12). The van der Waals surface area contributed by atoms with E-state index in [0.717, 1.165) is 24.7 Å². The number of carboxylic acid groups (broad SMARTS) is 1. The van der Waals surface area contributed by atoms with Crippen LogP contribution >= 0.6 is 0 Å². The predicted octanol–water partition coefficient (Wildman–Crippen LogP) is 2.41. The van der Waals surface area contributed by atoms with Gasteiger partial charge in [-0.25, -0.2) is 8.42 Å². The Kier molecular flexibility index (Phi) is 9.89. The number of para-hydroxylation sites is 1. The Balaban J connectivity index is 0.000000262. The number of carbonyl (C=O) groups is 1. The molecule has 3 aromatic carbocycles. The molecule has 13 heteroatoms. The first-order valence-corrected chi connectivity index (χ1v) is 13.5. The Morgan fingerprint density at radius 3 is 2.30 bits per heavy atom. The Morgan fingerprint density at radius 2 is 1.70 bits per heavy atom. The molecule has 0 bridgehead atoms. The second kappa shape index (κ2) is 13.3. The van der Waals surface area contributed by atoms with Crippen LogP contribution in [0, 0.1) is 0 Å². The monoisotopic (exact) mass is 543 g/mol. The normalized spacial score (nSPS) is 13.2. The van der Waals surface area contributed by atoms with Crippen molar-refractivity contribution in [2.24, 2.45) is 9.36 Å². The topological polar surface area (TPSA) is 166 Å². The molecule has 0 aromatic heterocycles. The van der Waals surface area contributed by atoms with Crippen LogP contribution in [0.1, 0.15) is 5.56 Å². The molecule has 11 nitrogen and oxygen atoms in total. The fourth-order valence-electron chi connectivity index (χ4n) is 3.24. The Hall–Kier alpha value is -4.07. The van der Waals surface area contributed by atoms with Crippen LogP contribution in [0.4, 0.5) is 11.4 Å². The molecule has 4 N–H and O–H groups in total. The smallest absolute Gasteiger partial charge is 0.322 e. The van der Waals surface area contributed by atoms with Gasteiger partial charge in [0.15, 0.2) is 5.96 Å². The van der Waals surface area contributed by atoms with Crippen LogP contribution < -0.4 is 15.4 Å². The van der Waals surface area contributed by atoms with Crippen LogP contribution in [-0.2, 0) is 31.7 Å². The van der Waals surface area contributed by atoms with Crippen LogP contribution in [0.25, 0.3) is 0 Å². The van der Waals surface area contributed by atoms with Crippen LogP contribution in [0.15, 0.2) is 99.2 Å². The molecule has 194 valence electrons. The van der Waals surface area contributed by atoms with Crippen molar-refractivity contribution in [3.8, 4) is 0 Å². The summed E-state index contributed by atoms with van der Waals surface area (Å²) in [6.07, 6.45) is -0.170. The highest BCUT2D eigenvalue weighted by Crippen LogP contribution is 2.16. The molecule has 1 atom stereocenters. The van der Waals surface area contributed by atoms with Crippen LogP contribution in [-0.4, -0.2) is 53.0 Å². The maximum Gasteiger partial charge on any atom is 0.322 e. The van der Waals surface area contributed by atoms with Crippen LogP contribution in [0.3, 0.4) is 0 Å². The van der Waals surface area contributed by atoms with Gasteiger partial charge in [0.1, 0.15) is 6.04 Å². The summed E-state index contributed by atoms with van der Waals surface area (Å²) >= 11 is 0. The Bertz CT molecular complexity index is 1470. The summed E-state index contributed by atoms with van der Waals surface area (Å²) in [6, 6.07) is 21.9. The molecular formula is C24H25N5O6S2. The van der Waals surface area contributed by atoms with Gasteiger partial charge in [0.05, 0.1) is 17.1 Å². The van der Waals surface area contributed by atoms with E-state index >= 15 is 0 Å². The molecule has 0 spiro atoms. The third-order valence-corrected chi connectivity index (χ3v) is 6.74. The molecule has 0 amide bonds.